The van der Waals surface area contributed by atoms with Gasteiger partial charge in [0.2, 0.25) is 0 Å². The Morgan fingerprint density at radius 3 is 2.56 bits per heavy atom. The van der Waals surface area contributed by atoms with Gasteiger partial charge in [0.15, 0.2) is 0 Å². The summed E-state index contributed by atoms with van der Waals surface area (Å²) >= 11 is 1.16. The van der Waals surface area contributed by atoms with Crippen LogP contribution >= 0.6 is 22.0 Å². The Hall–Kier alpha value is -0.590. The Morgan fingerprint density at radius 1 is 1.44 bits per heavy atom. The predicted octanol–water partition coefficient (Wildman–Crippen LogP) is 2.66. The minimum atomic E-state index is -3.77. The lowest BCUT2D eigenvalue weighted by Gasteiger charge is -2.10. The molecule has 4 nitrogen and oxygen atoms in total. The van der Waals surface area contributed by atoms with Crippen molar-refractivity contribution in [2.45, 2.75) is 43.5 Å². The van der Waals surface area contributed by atoms with Crippen LogP contribution in [-0.2, 0) is 9.05 Å². The van der Waals surface area contributed by atoms with Gasteiger partial charge in [0.25, 0.3) is 15.0 Å². The van der Waals surface area contributed by atoms with E-state index in [0.29, 0.717) is 9.75 Å². The number of halogens is 1. The van der Waals surface area contributed by atoms with Crippen LogP contribution in [0.1, 0.15) is 40.2 Å². The maximum absolute atomic E-state index is 12.0. The summed E-state index contributed by atoms with van der Waals surface area (Å²) in [6.45, 7) is 1.65. The molecule has 1 aliphatic carbocycles. The number of aryl methyl sites for hydroxylation is 1. The van der Waals surface area contributed by atoms with Gasteiger partial charge in [-0.25, -0.2) is 8.42 Å². The van der Waals surface area contributed by atoms with Crippen molar-refractivity contribution in [1.82, 2.24) is 5.32 Å². The van der Waals surface area contributed by atoms with Gasteiger partial charge in [0.05, 0.1) is 9.77 Å². The lowest BCUT2D eigenvalue weighted by molar-refractivity contribution is 0.0942. The van der Waals surface area contributed by atoms with Crippen molar-refractivity contribution in [2.24, 2.45) is 0 Å². The SMILES string of the molecule is Cc1sc(C(=O)NC2CCCC2)cc1S(=O)(=O)Cl. The highest BCUT2D eigenvalue weighted by Gasteiger charge is 2.23. The number of hydrogen-bond donors (Lipinski definition) is 1. The number of hydrogen-bond acceptors (Lipinski definition) is 4. The first-order valence-corrected chi connectivity index (χ1v) is 8.86. The molecule has 0 aliphatic heterocycles. The molecule has 1 aliphatic rings. The van der Waals surface area contributed by atoms with Gasteiger partial charge < -0.3 is 5.32 Å². The van der Waals surface area contributed by atoms with Crippen LogP contribution in [0, 0.1) is 6.92 Å². The van der Waals surface area contributed by atoms with E-state index < -0.39 is 9.05 Å². The zero-order chi connectivity index (χ0) is 13.3. The fourth-order valence-electron chi connectivity index (χ4n) is 2.15. The first kappa shape index (κ1) is 13.8. The minimum absolute atomic E-state index is 0.0331. The number of amides is 1. The average molecular weight is 308 g/mol. The molecule has 0 unspecified atom stereocenters. The number of rotatable bonds is 3. The van der Waals surface area contributed by atoms with Crippen LogP contribution < -0.4 is 5.32 Å². The van der Waals surface area contributed by atoms with Crippen LogP contribution in [0.2, 0.25) is 0 Å². The Morgan fingerprint density at radius 2 is 2.06 bits per heavy atom. The molecule has 1 amide bonds. The smallest absolute Gasteiger partial charge is 0.262 e. The van der Waals surface area contributed by atoms with Crippen molar-refractivity contribution in [2.75, 3.05) is 0 Å². The number of carbonyl (C=O) groups excluding carboxylic acids is 1. The molecule has 0 aromatic carbocycles. The van der Waals surface area contributed by atoms with Crippen LogP contribution in [0.4, 0.5) is 0 Å². The zero-order valence-corrected chi connectivity index (χ0v) is 12.3. The van der Waals surface area contributed by atoms with E-state index >= 15 is 0 Å². The fourth-order valence-corrected chi connectivity index (χ4v) is 4.71. The number of thiophene rings is 1. The minimum Gasteiger partial charge on any atom is -0.349 e. The first-order valence-electron chi connectivity index (χ1n) is 5.74. The Kier molecular flexibility index (Phi) is 3.99. The van der Waals surface area contributed by atoms with Crippen molar-refractivity contribution >= 4 is 37.0 Å². The summed E-state index contributed by atoms with van der Waals surface area (Å²) in [4.78, 5) is 12.9. The van der Waals surface area contributed by atoms with E-state index in [1.54, 1.807) is 6.92 Å². The van der Waals surface area contributed by atoms with Crippen molar-refractivity contribution in [3.8, 4) is 0 Å². The first-order chi connectivity index (χ1) is 8.38. The third kappa shape index (κ3) is 3.05. The fraction of sp³-hybridized carbons (Fsp3) is 0.545. The quantitative estimate of drug-likeness (QED) is 0.873. The molecule has 0 atom stereocenters. The molecule has 1 aromatic rings. The van der Waals surface area contributed by atoms with Gasteiger partial charge in [0, 0.05) is 21.6 Å². The maximum atomic E-state index is 12.0. The second-order valence-corrected chi connectivity index (χ2v) is 8.21. The summed E-state index contributed by atoms with van der Waals surface area (Å²) in [5.74, 6) is -0.207. The van der Waals surface area contributed by atoms with Crippen molar-refractivity contribution in [3.05, 3.63) is 15.8 Å². The highest BCUT2D eigenvalue weighted by Crippen LogP contribution is 2.28. The van der Waals surface area contributed by atoms with E-state index in [-0.39, 0.29) is 16.8 Å². The molecule has 0 saturated heterocycles. The van der Waals surface area contributed by atoms with Crippen molar-refractivity contribution < 1.29 is 13.2 Å². The molecule has 0 radical (unpaired) electrons. The maximum Gasteiger partial charge on any atom is 0.262 e. The van der Waals surface area contributed by atoms with Gasteiger partial charge in [-0.05, 0) is 25.8 Å². The zero-order valence-electron chi connectivity index (χ0n) is 9.90. The highest BCUT2D eigenvalue weighted by molar-refractivity contribution is 8.13. The van der Waals surface area contributed by atoms with E-state index in [9.17, 15) is 13.2 Å². The third-order valence-corrected chi connectivity index (χ3v) is 5.68. The van der Waals surface area contributed by atoms with Gasteiger partial charge in [-0.1, -0.05) is 12.8 Å². The molecular weight excluding hydrogens is 294 g/mol. The summed E-state index contributed by atoms with van der Waals surface area (Å²) in [6.07, 6.45) is 4.26. The van der Waals surface area contributed by atoms with Crippen LogP contribution in [0.5, 0.6) is 0 Å². The summed E-state index contributed by atoms with van der Waals surface area (Å²) in [5, 5.41) is 2.92. The topological polar surface area (TPSA) is 63.2 Å². The monoisotopic (exact) mass is 307 g/mol. The summed E-state index contributed by atoms with van der Waals surface area (Å²) in [7, 11) is 1.53. The van der Waals surface area contributed by atoms with Crippen molar-refractivity contribution in [3.63, 3.8) is 0 Å². The van der Waals surface area contributed by atoms with Crippen LogP contribution in [-0.4, -0.2) is 20.4 Å². The standard InChI is InChI=1S/C11H14ClNO3S2/c1-7-10(18(12,15)16)6-9(17-7)11(14)13-8-4-2-3-5-8/h6,8H,2-5H2,1H3,(H,13,14). The van der Waals surface area contributed by atoms with Gasteiger partial charge in [-0.2, -0.15) is 0 Å². The molecule has 0 spiro atoms. The molecule has 1 saturated carbocycles. The van der Waals surface area contributed by atoms with E-state index in [4.69, 9.17) is 10.7 Å². The summed E-state index contributed by atoms with van der Waals surface area (Å²) in [5.41, 5.74) is 0. The lowest BCUT2D eigenvalue weighted by atomic mass is 10.2. The van der Waals surface area contributed by atoms with Gasteiger partial charge in [0.1, 0.15) is 0 Å². The van der Waals surface area contributed by atoms with Crippen LogP contribution in [0.15, 0.2) is 11.0 Å². The van der Waals surface area contributed by atoms with E-state index in [0.717, 1.165) is 37.0 Å². The molecule has 18 heavy (non-hydrogen) atoms. The lowest BCUT2D eigenvalue weighted by Crippen LogP contribution is -2.31. The molecule has 100 valence electrons. The molecule has 2 rings (SSSR count). The molecular formula is C11H14ClNO3S2. The largest absolute Gasteiger partial charge is 0.349 e. The Bertz CT molecular complexity index is 559. The van der Waals surface area contributed by atoms with Crippen LogP contribution in [0.25, 0.3) is 0 Å². The molecule has 1 N–H and O–H groups in total. The summed E-state index contributed by atoms with van der Waals surface area (Å²) in [6, 6.07) is 1.57. The Labute approximate surface area is 115 Å². The van der Waals surface area contributed by atoms with Gasteiger partial charge in [-0.3, -0.25) is 4.79 Å². The van der Waals surface area contributed by atoms with Crippen LogP contribution in [0.3, 0.4) is 0 Å². The molecule has 1 heterocycles. The molecule has 0 bridgehead atoms. The van der Waals surface area contributed by atoms with E-state index in [1.165, 1.54) is 6.07 Å². The molecule has 7 heteroatoms. The number of nitrogens with one attached hydrogen (secondary N) is 1. The highest BCUT2D eigenvalue weighted by atomic mass is 35.7. The summed E-state index contributed by atoms with van der Waals surface area (Å²) < 4.78 is 22.5. The second-order valence-electron chi connectivity index (χ2n) is 4.42. The molecule has 1 fully saturated rings. The normalized spacial score (nSPS) is 17.0. The van der Waals surface area contributed by atoms with Crippen molar-refractivity contribution in [1.29, 1.82) is 0 Å². The average Bonchev–Trinajstić information content (AvgIpc) is 2.85. The second kappa shape index (κ2) is 5.19. The molecule has 1 aromatic heterocycles. The van der Waals surface area contributed by atoms with Gasteiger partial charge in [-0.15, -0.1) is 11.3 Å². The Balaban J connectivity index is 2.16. The van der Waals surface area contributed by atoms with Gasteiger partial charge >= 0.3 is 0 Å². The predicted molar refractivity (Wildman–Crippen MR) is 71.8 cm³/mol. The van der Waals surface area contributed by atoms with E-state index in [2.05, 4.69) is 5.32 Å². The third-order valence-electron chi connectivity index (χ3n) is 3.05. The van der Waals surface area contributed by atoms with E-state index in [1.807, 2.05) is 0 Å². The number of carbonyl (C=O) groups is 1.